The van der Waals surface area contributed by atoms with Crippen molar-refractivity contribution >= 4 is 22.6 Å². The number of rotatable bonds is 7. The van der Waals surface area contributed by atoms with Gasteiger partial charge in [-0.2, -0.15) is 0 Å². The number of carbonyl (C=O) groups excluding carboxylic acids is 2. The summed E-state index contributed by atoms with van der Waals surface area (Å²) in [6.07, 6.45) is 6.65. The maximum Gasteiger partial charge on any atom is 0.222 e. The first-order valence-corrected chi connectivity index (χ1v) is 11.2. The molecule has 5 nitrogen and oxygen atoms in total. The molecule has 2 amide bonds. The van der Waals surface area contributed by atoms with Crippen LogP contribution in [0.25, 0.3) is 10.8 Å². The van der Waals surface area contributed by atoms with Gasteiger partial charge in [0.1, 0.15) is 0 Å². The standard InChI is InChI=1S/C25H32N2O3/c1-27(18-22-8-4-5-15-30-22)24(29)12-14-25(13-11-23(28)26-25)17-19-9-10-20-6-2-3-7-21(20)16-19/h2-3,6-7,9-10,16,22H,4-5,8,11-15,17-18H2,1H3,(H,26,28). The summed E-state index contributed by atoms with van der Waals surface area (Å²) in [6.45, 7) is 1.45. The maximum absolute atomic E-state index is 12.8. The van der Waals surface area contributed by atoms with Gasteiger partial charge in [-0.1, -0.05) is 42.5 Å². The van der Waals surface area contributed by atoms with Crippen molar-refractivity contribution in [3.8, 4) is 0 Å². The third-order valence-electron chi connectivity index (χ3n) is 6.59. The summed E-state index contributed by atoms with van der Waals surface area (Å²) >= 11 is 0. The van der Waals surface area contributed by atoms with Crippen molar-refractivity contribution in [3.05, 3.63) is 48.0 Å². The van der Waals surface area contributed by atoms with Crippen LogP contribution in [-0.4, -0.2) is 48.6 Å². The molecule has 1 N–H and O–H groups in total. The van der Waals surface area contributed by atoms with E-state index in [0.29, 0.717) is 25.8 Å². The van der Waals surface area contributed by atoms with Gasteiger partial charge in [0, 0.05) is 38.6 Å². The number of hydrogen-bond donors (Lipinski definition) is 1. The minimum atomic E-state index is -0.336. The Bertz CT molecular complexity index is 906. The Morgan fingerprint density at radius 2 is 2.03 bits per heavy atom. The average molecular weight is 409 g/mol. The minimum Gasteiger partial charge on any atom is -0.376 e. The number of benzene rings is 2. The Labute approximate surface area is 178 Å². The predicted octanol–water partition coefficient (Wildman–Crippen LogP) is 3.84. The van der Waals surface area contributed by atoms with E-state index in [9.17, 15) is 9.59 Å². The lowest BCUT2D eigenvalue weighted by Crippen LogP contribution is -2.45. The summed E-state index contributed by atoms with van der Waals surface area (Å²) in [6, 6.07) is 14.8. The van der Waals surface area contributed by atoms with Gasteiger partial charge in [0.05, 0.1) is 6.10 Å². The Hall–Kier alpha value is -2.40. The van der Waals surface area contributed by atoms with Crippen LogP contribution in [0.4, 0.5) is 0 Å². The molecule has 30 heavy (non-hydrogen) atoms. The summed E-state index contributed by atoms with van der Waals surface area (Å²) in [4.78, 5) is 26.7. The van der Waals surface area contributed by atoms with E-state index in [1.807, 2.05) is 19.2 Å². The Kier molecular flexibility index (Phi) is 6.38. The van der Waals surface area contributed by atoms with E-state index in [4.69, 9.17) is 4.74 Å². The Balaban J connectivity index is 1.40. The van der Waals surface area contributed by atoms with E-state index in [1.165, 1.54) is 22.8 Å². The van der Waals surface area contributed by atoms with E-state index in [-0.39, 0.29) is 23.5 Å². The van der Waals surface area contributed by atoms with Crippen LogP contribution >= 0.6 is 0 Å². The molecule has 2 saturated heterocycles. The number of carbonyl (C=O) groups is 2. The van der Waals surface area contributed by atoms with E-state index >= 15 is 0 Å². The number of amides is 2. The number of nitrogens with zero attached hydrogens (tertiary/aromatic N) is 1. The average Bonchev–Trinajstić information content (AvgIpc) is 3.13. The Morgan fingerprint density at radius 3 is 2.77 bits per heavy atom. The van der Waals surface area contributed by atoms with E-state index in [2.05, 4.69) is 35.6 Å². The second-order valence-corrected chi connectivity index (χ2v) is 8.95. The second kappa shape index (κ2) is 9.17. The molecule has 0 bridgehead atoms. The maximum atomic E-state index is 12.8. The molecule has 2 aliphatic rings. The molecule has 2 atom stereocenters. The van der Waals surface area contributed by atoms with Crippen molar-refractivity contribution in [2.45, 2.75) is 63.0 Å². The first kappa shape index (κ1) is 20.9. The highest BCUT2D eigenvalue weighted by Gasteiger charge is 2.38. The fourth-order valence-corrected chi connectivity index (χ4v) is 4.82. The minimum absolute atomic E-state index is 0.0900. The third-order valence-corrected chi connectivity index (χ3v) is 6.59. The van der Waals surface area contributed by atoms with Crippen LogP contribution in [0, 0.1) is 0 Å². The first-order valence-electron chi connectivity index (χ1n) is 11.2. The quantitative estimate of drug-likeness (QED) is 0.757. The summed E-state index contributed by atoms with van der Waals surface area (Å²) < 4.78 is 5.77. The second-order valence-electron chi connectivity index (χ2n) is 8.95. The topological polar surface area (TPSA) is 58.6 Å². The lowest BCUT2D eigenvalue weighted by molar-refractivity contribution is -0.133. The highest BCUT2D eigenvalue weighted by atomic mass is 16.5. The summed E-state index contributed by atoms with van der Waals surface area (Å²) in [7, 11) is 1.86. The van der Waals surface area contributed by atoms with Crippen molar-refractivity contribution < 1.29 is 14.3 Å². The van der Waals surface area contributed by atoms with Crippen molar-refractivity contribution in [2.75, 3.05) is 20.2 Å². The van der Waals surface area contributed by atoms with Crippen LogP contribution < -0.4 is 5.32 Å². The molecule has 0 saturated carbocycles. The monoisotopic (exact) mass is 408 g/mol. The molecule has 2 aliphatic heterocycles. The van der Waals surface area contributed by atoms with Crippen LogP contribution in [0.1, 0.15) is 50.5 Å². The van der Waals surface area contributed by atoms with Gasteiger partial charge >= 0.3 is 0 Å². The molecule has 4 rings (SSSR count). The molecule has 2 fully saturated rings. The van der Waals surface area contributed by atoms with Gasteiger partial charge < -0.3 is 15.0 Å². The third kappa shape index (κ3) is 5.01. The molecule has 2 aromatic carbocycles. The van der Waals surface area contributed by atoms with E-state index < -0.39 is 0 Å². The van der Waals surface area contributed by atoms with Gasteiger partial charge in [-0.25, -0.2) is 0 Å². The summed E-state index contributed by atoms with van der Waals surface area (Å²) in [5.41, 5.74) is 0.865. The molecule has 2 aromatic rings. The van der Waals surface area contributed by atoms with Crippen LogP contribution in [0.2, 0.25) is 0 Å². The van der Waals surface area contributed by atoms with Crippen molar-refractivity contribution in [1.82, 2.24) is 10.2 Å². The fraction of sp³-hybridized carbons (Fsp3) is 0.520. The molecule has 5 heteroatoms. The van der Waals surface area contributed by atoms with Crippen molar-refractivity contribution in [3.63, 3.8) is 0 Å². The van der Waals surface area contributed by atoms with E-state index in [0.717, 1.165) is 32.3 Å². The highest BCUT2D eigenvalue weighted by Crippen LogP contribution is 2.31. The Morgan fingerprint density at radius 1 is 1.20 bits per heavy atom. The molecule has 160 valence electrons. The van der Waals surface area contributed by atoms with Gasteiger partial charge in [0.15, 0.2) is 0 Å². The van der Waals surface area contributed by atoms with Crippen LogP contribution in [-0.2, 0) is 20.7 Å². The van der Waals surface area contributed by atoms with Crippen LogP contribution in [0.15, 0.2) is 42.5 Å². The van der Waals surface area contributed by atoms with Gasteiger partial charge in [-0.15, -0.1) is 0 Å². The highest BCUT2D eigenvalue weighted by molar-refractivity contribution is 5.83. The number of fused-ring (bicyclic) bond motifs is 1. The van der Waals surface area contributed by atoms with Crippen molar-refractivity contribution in [1.29, 1.82) is 0 Å². The zero-order valence-corrected chi connectivity index (χ0v) is 17.9. The molecule has 0 aromatic heterocycles. The molecule has 0 spiro atoms. The number of nitrogens with one attached hydrogen (secondary N) is 1. The van der Waals surface area contributed by atoms with Gasteiger partial charge in [0.25, 0.3) is 0 Å². The predicted molar refractivity (Wildman–Crippen MR) is 118 cm³/mol. The van der Waals surface area contributed by atoms with Gasteiger partial charge in [0.2, 0.25) is 11.8 Å². The molecule has 2 heterocycles. The SMILES string of the molecule is CN(CC1CCCCO1)C(=O)CCC1(Cc2ccc3ccccc3c2)CCC(=O)N1. The van der Waals surface area contributed by atoms with Gasteiger partial charge in [-0.3, -0.25) is 9.59 Å². The van der Waals surface area contributed by atoms with Crippen LogP contribution in [0.5, 0.6) is 0 Å². The number of likely N-dealkylation sites (N-methyl/N-ethyl adjacent to an activating group) is 1. The van der Waals surface area contributed by atoms with Crippen molar-refractivity contribution in [2.24, 2.45) is 0 Å². The summed E-state index contributed by atoms with van der Waals surface area (Å²) in [5.74, 6) is 0.218. The summed E-state index contributed by atoms with van der Waals surface area (Å²) in [5, 5.41) is 5.63. The molecule has 0 radical (unpaired) electrons. The zero-order valence-electron chi connectivity index (χ0n) is 17.9. The molecular weight excluding hydrogens is 376 g/mol. The fourth-order valence-electron chi connectivity index (χ4n) is 4.82. The molecule has 2 unspecified atom stereocenters. The number of ether oxygens (including phenoxy) is 1. The smallest absolute Gasteiger partial charge is 0.222 e. The lowest BCUT2D eigenvalue weighted by Gasteiger charge is -2.31. The van der Waals surface area contributed by atoms with E-state index in [1.54, 1.807) is 4.90 Å². The molecular formula is C25H32N2O3. The molecule has 0 aliphatic carbocycles. The first-order chi connectivity index (χ1) is 14.5. The number of hydrogen-bond acceptors (Lipinski definition) is 3. The van der Waals surface area contributed by atoms with Crippen LogP contribution in [0.3, 0.4) is 0 Å². The zero-order chi connectivity index (χ0) is 21.0. The lowest BCUT2D eigenvalue weighted by atomic mass is 9.84. The largest absolute Gasteiger partial charge is 0.376 e. The normalized spacial score (nSPS) is 24.0. The van der Waals surface area contributed by atoms with Gasteiger partial charge in [-0.05, 0) is 54.9 Å².